The summed E-state index contributed by atoms with van der Waals surface area (Å²) in [7, 11) is 0. The summed E-state index contributed by atoms with van der Waals surface area (Å²) in [6.45, 7) is 0.562. The zero-order valence-electron chi connectivity index (χ0n) is 13.3. The predicted molar refractivity (Wildman–Crippen MR) is 112 cm³/mol. The van der Waals surface area contributed by atoms with Gasteiger partial charge in [0.15, 0.2) is 0 Å². The molecule has 4 heteroatoms. The topological polar surface area (TPSA) is 18.5 Å². The zero-order valence-corrected chi connectivity index (χ0v) is 16.3. The largest absolute Gasteiger partial charge is 0.489 e. The second kappa shape index (κ2) is 7.45. The minimum atomic E-state index is 0.562. The van der Waals surface area contributed by atoms with Gasteiger partial charge in [-0.3, -0.25) is 0 Å². The molecule has 4 rings (SSSR count). The highest BCUT2D eigenvalue weighted by Crippen LogP contribution is 2.37. The number of fused-ring (bicyclic) bond motifs is 1. The van der Waals surface area contributed by atoms with E-state index in [1.54, 1.807) is 11.3 Å². The molecular formula is C21H15IO2S. The summed E-state index contributed by atoms with van der Waals surface area (Å²) in [5, 5.41) is 3.20. The van der Waals surface area contributed by atoms with E-state index in [0.717, 1.165) is 31.8 Å². The van der Waals surface area contributed by atoms with Gasteiger partial charge in [0, 0.05) is 15.5 Å². The van der Waals surface area contributed by atoms with Crippen molar-refractivity contribution < 1.29 is 9.47 Å². The highest BCUT2D eigenvalue weighted by molar-refractivity contribution is 14.1. The number of halogens is 1. The first-order valence-electron chi connectivity index (χ1n) is 7.90. The summed E-state index contributed by atoms with van der Waals surface area (Å²) < 4.78 is 14.3. The molecule has 0 N–H and O–H groups in total. The first-order valence-corrected chi connectivity index (χ1v) is 9.86. The van der Waals surface area contributed by atoms with Crippen molar-refractivity contribution in [1.82, 2.24) is 0 Å². The Morgan fingerprint density at radius 1 is 0.840 bits per heavy atom. The third kappa shape index (κ3) is 3.80. The number of thiophene rings is 1. The molecule has 0 saturated carbocycles. The Labute approximate surface area is 164 Å². The minimum absolute atomic E-state index is 0.562. The van der Waals surface area contributed by atoms with Gasteiger partial charge in [0.25, 0.3) is 0 Å². The predicted octanol–water partition coefficient (Wildman–Crippen LogP) is 6.88. The van der Waals surface area contributed by atoms with Gasteiger partial charge in [0.1, 0.15) is 23.9 Å². The normalized spacial score (nSPS) is 10.8. The lowest BCUT2D eigenvalue weighted by molar-refractivity contribution is 0.305. The van der Waals surface area contributed by atoms with Gasteiger partial charge in [-0.25, -0.2) is 0 Å². The van der Waals surface area contributed by atoms with Gasteiger partial charge < -0.3 is 9.47 Å². The summed E-state index contributed by atoms with van der Waals surface area (Å²) in [5.74, 6) is 2.59. The second-order valence-electron chi connectivity index (χ2n) is 5.56. The Morgan fingerprint density at radius 2 is 1.64 bits per heavy atom. The van der Waals surface area contributed by atoms with E-state index in [4.69, 9.17) is 9.47 Å². The van der Waals surface area contributed by atoms with Gasteiger partial charge in [-0.15, -0.1) is 11.3 Å². The maximum absolute atomic E-state index is 6.13. The summed E-state index contributed by atoms with van der Waals surface area (Å²) in [5.41, 5.74) is 1.16. The summed E-state index contributed by atoms with van der Waals surface area (Å²) >= 11 is 3.98. The number of ether oxygens (including phenoxy) is 2. The lowest BCUT2D eigenvalue weighted by Gasteiger charge is -2.10. The fraction of sp³-hybridized carbons (Fsp3) is 0.0476. The van der Waals surface area contributed by atoms with Crippen LogP contribution in [0.2, 0.25) is 0 Å². The van der Waals surface area contributed by atoms with E-state index < -0.39 is 0 Å². The zero-order chi connectivity index (χ0) is 17.1. The molecule has 0 atom stereocenters. The average molecular weight is 458 g/mol. The smallest absolute Gasteiger partial charge is 0.146 e. The Hall–Kier alpha value is -2.05. The summed E-state index contributed by atoms with van der Waals surface area (Å²) in [4.78, 5) is 0. The van der Waals surface area contributed by atoms with Crippen molar-refractivity contribution in [2.75, 3.05) is 0 Å². The van der Waals surface area contributed by atoms with Crippen LogP contribution in [-0.2, 0) is 6.61 Å². The Bertz CT molecular complexity index is 995. The van der Waals surface area contributed by atoms with E-state index in [0.29, 0.717) is 6.61 Å². The van der Waals surface area contributed by atoms with E-state index in [1.807, 2.05) is 48.5 Å². The molecule has 0 aliphatic rings. The molecule has 0 fully saturated rings. The van der Waals surface area contributed by atoms with Gasteiger partial charge in [-0.2, -0.15) is 0 Å². The van der Waals surface area contributed by atoms with Crippen LogP contribution in [0.4, 0.5) is 0 Å². The van der Waals surface area contributed by atoms with Crippen LogP contribution in [0.15, 0.2) is 78.2 Å². The quantitative estimate of drug-likeness (QED) is 0.304. The van der Waals surface area contributed by atoms with Crippen molar-refractivity contribution in [2.45, 2.75) is 6.61 Å². The molecular weight excluding hydrogens is 443 g/mol. The van der Waals surface area contributed by atoms with Crippen molar-refractivity contribution in [1.29, 1.82) is 0 Å². The van der Waals surface area contributed by atoms with E-state index in [-0.39, 0.29) is 0 Å². The van der Waals surface area contributed by atoms with Crippen LogP contribution < -0.4 is 9.47 Å². The standard InChI is InChI=1S/C21H15IO2S/c22-18-12-16(23-13-15-6-2-1-3-7-15)10-11-19(18)24-20-14-25-21-9-5-4-8-17(20)21/h1-12,14H,13H2. The van der Waals surface area contributed by atoms with Gasteiger partial charge in [-0.1, -0.05) is 42.5 Å². The molecule has 1 aromatic heterocycles. The lowest BCUT2D eigenvalue weighted by atomic mass is 10.2. The SMILES string of the molecule is Ic1cc(OCc2ccccc2)ccc1Oc1csc2ccccc12. The van der Waals surface area contributed by atoms with Gasteiger partial charge in [0.2, 0.25) is 0 Å². The molecule has 0 unspecified atom stereocenters. The van der Waals surface area contributed by atoms with Gasteiger partial charge in [-0.05, 0) is 58.5 Å². The third-order valence-corrected chi connectivity index (χ3v) is 5.60. The maximum atomic E-state index is 6.13. The summed E-state index contributed by atoms with van der Waals surface area (Å²) in [6.07, 6.45) is 0. The Kier molecular flexibility index (Phi) is 4.90. The van der Waals surface area contributed by atoms with Crippen LogP contribution in [0, 0.1) is 3.57 Å². The van der Waals surface area contributed by atoms with Crippen molar-refractivity contribution in [3.8, 4) is 17.2 Å². The molecule has 0 radical (unpaired) electrons. The molecule has 0 amide bonds. The number of rotatable bonds is 5. The molecule has 0 aliphatic heterocycles. The van der Waals surface area contributed by atoms with Crippen LogP contribution >= 0.6 is 33.9 Å². The Morgan fingerprint density at radius 3 is 2.48 bits per heavy atom. The van der Waals surface area contributed by atoms with Crippen molar-refractivity contribution in [2.24, 2.45) is 0 Å². The molecule has 0 aliphatic carbocycles. The molecule has 0 saturated heterocycles. The number of hydrogen-bond acceptors (Lipinski definition) is 3. The molecule has 3 aromatic carbocycles. The van der Waals surface area contributed by atoms with E-state index in [9.17, 15) is 0 Å². The minimum Gasteiger partial charge on any atom is -0.489 e. The monoisotopic (exact) mass is 458 g/mol. The molecule has 2 nitrogen and oxygen atoms in total. The van der Waals surface area contributed by atoms with Crippen LogP contribution in [0.3, 0.4) is 0 Å². The molecule has 1 heterocycles. The fourth-order valence-electron chi connectivity index (χ4n) is 2.55. The molecule has 4 aromatic rings. The first kappa shape index (κ1) is 16.4. The van der Waals surface area contributed by atoms with Crippen molar-refractivity contribution >= 4 is 44.0 Å². The van der Waals surface area contributed by atoms with Gasteiger partial charge >= 0.3 is 0 Å². The van der Waals surface area contributed by atoms with Crippen LogP contribution in [0.25, 0.3) is 10.1 Å². The second-order valence-corrected chi connectivity index (χ2v) is 7.64. The number of benzene rings is 3. The molecule has 25 heavy (non-hydrogen) atoms. The van der Waals surface area contributed by atoms with E-state index >= 15 is 0 Å². The van der Waals surface area contributed by atoms with Crippen LogP contribution in [0.5, 0.6) is 17.2 Å². The lowest BCUT2D eigenvalue weighted by Crippen LogP contribution is -1.96. The highest BCUT2D eigenvalue weighted by Gasteiger charge is 2.09. The van der Waals surface area contributed by atoms with Crippen LogP contribution in [0.1, 0.15) is 5.56 Å². The van der Waals surface area contributed by atoms with E-state index in [2.05, 4.69) is 52.2 Å². The first-order chi connectivity index (χ1) is 12.3. The summed E-state index contributed by atoms with van der Waals surface area (Å²) in [6, 6.07) is 24.4. The van der Waals surface area contributed by atoms with Crippen molar-refractivity contribution in [3.05, 3.63) is 87.3 Å². The number of hydrogen-bond donors (Lipinski definition) is 0. The molecule has 0 bridgehead atoms. The maximum Gasteiger partial charge on any atom is 0.146 e. The van der Waals surface area contributed by atoms with Gasteiger partial charge in [0.05, 0.1) is 3.57 Å². The molecule has 0 spiro atoms. The highest BCUT2D eigenvalue weighted by atomic mass is 127. The Balaban J connectivity index is 1.50. The molecule has 124 valence electrons. The third-order valence-electron chi connectivity index (χ3n) is 3.82. The fourth-order valence-corrected chi connectivity index (χ4v) is 4.00. The average Bonchev–Trinajstić information content (AvgIpc) is 3.06. The van der Waals surface area contributed by atoms with Crippen LogP contribution in [-0.4, -0.2) is 0 Å². The van der Waals surface area contributed by atoms with E-state index in [1.165, 1.54) is 4.70 Å². The van der Waals surface area contributed by atoms with Crippen molar-refractivity contribution in [3.63, 3.8) is 0 Å².